The second-order valence-corrected chi connectivity index (χ2v) is 6.38. The highest BCUT2D eigenvalue weighted by Crippen LogP contribution is 2.34. The lowest BCUT2D eigenvalue weighted by Gasteiger charge is -2.38. The lowest BCUT2D eigenvalue weighted by molar-refractivity contribution is 0.0143. The molecule has 1 saturated heterocycles. The van der Waals surface area contributed by atoms with Crippen molar-refractivity contribution in [2.75, 3.05) is 40.0 Å². The SMILES string of the molecule is COCCNCC1(Cc2ccc(C)c(C)c2)CCOCC1. The van der Waals surface area contributed by atoms with Crippen molar-refractivity contribution >= 4 is 0 Å². The van der Waals surface area contributed by atoms with Crippen LogP contribution in [0, 0.1) is 19.3 Å². The molecule has 0 radical (unpaired) electrons. The second-order valence-electron chi connectivity index (χ2n) is 6.38. The van der Waals surface area contributed by atoms with Gasteiger partial charge < -0.3 is 14.8 Å². The molecule has 2 rings (SSSR count). The maximum absolute atomic E-state index is 5.58. The summed E-state index contributed by atoms with van der Waals surface area (Å²) < 4.78 is 10.7. The molecule has 0 amide bonds. The third-order valence-electron chi connectivity index (χ3n) is 4.69. The first-order chi connectivity index (χ1) is 10.2. The van der Waals surface area contributed by atoms with Crippen molar-refractivity contribution in [1.82, 2.24) is 5.32 Å². The Hall–Kier alpha value is -0.900. The number of hydrogen-bond acceptors (Lipinski definition) is 3. The van der Waals surface area contributed by atoms with Crippen molar-refractivity contribution in [2.45, 2.75) is 33.1 Å². The van der Waals surface area contributed by atoms with Gasteiger partial charge in [-0.1, -0.05) is 18.2 Å². The van der Waals surface area contributed by atoms with Gasteiger partial charge in [-0.25, -0.2) is 0 Å². The predicted octanol–water partition coefficient (Wildman–Crippen LogP) is 2.88. The number of methoxy groups -OCH3 is 1. The van der Waals surface area contributed by atoms with Gasteiger partial charge in [-0.2, -0.15) is 0 Å². The van der Waals surface area contributed by atoms with E-state index >= 15 is 0 Å². The summed E-state index contributed by atoms with van der Waals surface area (Å²) in [4.78, 5) is 0. The number of aryl methyl sites for hydroxylation is 2. The van der Waals surface area contributed by atoms with Gasteiger partial charge >= 0.3 is 0 Å². The first-order valence-corrected chi connectivity index (χ1v) is 7.99. The average molecular weight is 291 g/mol. The molecule has 3 heteroatoms. The molecule has 1 aliphatic heterocycles. The maximum atomic E-state index is 5.58. The van der Waals surface area contributed by atoms with Crippen LogP contribution in [0.4, 0.5) is 0 Å². The Morgan fingerprint density at radius 1 is 1.19 bits per heavy atom. The zero-order valence-corrected chi connectivity index (χ0v) is 13.7. The second kappa shape index (κ2) is 7.92. The lowest BCUT2D eigenvalue weighted by atomic mass is 9.75. The molecule has 3 nitrogen and oxygen atoms in total. The van der Waals surface area contributed by atoms with E-state index in [-0.39, 0.29) is 0 Å². The van der Waals surface area contributed by atoms with Crippen molar-refractivity contribution in [2.24, 2.45) is 5.41 Å². The van der Waals surface area contributed by atoms with Crippen LogP contribution in [0.15, 0.2) is 18.2 Å². The van der Waals surface area contributed by atoms with Crippen LogP contribution in [0.25, 0.3) is 0 Å². The van der Waals surface area contributed by atoms with Gasteiger partial charge in [-0.05, 0) is 55.2 Å². The van der Waals surface area contributed by atoms with Gasteiger partial charge in [0.05, 0.1) is 6.61 Å². The van der Waals surface area contributed by atoms with Gasteiger partial charge in [-0.3, -0.25) is 0 Å². The van der Waals surface area contributed by atoms with Crippen molar-refractivity contribution in [3.63, 3.8) is 0 Å². The average Bonchev–Trinajstić information content (AvgIpc) is 2.49. The molecule has 21 heavy (non-hydrogen) atoms. The van der Waals surface area contributed by atoms with E-state index in [9.17, 15) is 0 Å². The fourth-order valence-electron chi connectivity index (χ4n) is 3.09. The molecule has 0 spiro atoms. The molecule has 0 unspecified atom stereocenters. The van der Waals surface area contributed by atoms with Crippen LogP contribution in [0.5, 0.6) is 0 Å². The van der Waals surface area contributed by atoms with Crippen LogP contribution in [-0.2, 0) is 15.9 Å². The molecule has 0 bridgehead atoms. The number of ether oxygens (including phenoxy) is 2. The molecule has 1 aromatic rings. The summed E-state index contributed by atoms with van der Waals surface area (Å²) >= 11 is 0. The Kier molecular flexibility index (Phi) is 6.22. The molecule has 0 aromatic heterocycles. The van der Waals surface area contributed by atoms with E-state index < -0.39 is 0 Å². The number of rotatable bonds is 7. The Morgan fingerprint density at radius 2 is 1.95 bits per heavy atom. The predicted molar refractivity (Wildman–Crippen MR) is 86.9 cm³/mol. The summed E-state index contributed by atoms with van der Waals surface area (Å²) in [5, 5.41) is 3.56. The van der Waals surface area contributed by atoms with Gasteiger partial charge in [0.15, 0.2) is 0 Å². The largest absolute Gasteiger partial charge is 0.383 e. The molecule has 118 valence electrons. The molecular formula is C18H29NO2. The van der Waals surface area contributed by atoms with Gasteiger partial charge in [0.25, 0.3) is 0 Å². The van der Waals surface area contributed by atoms with Gasteiger partial charge in [0.1, 0.15) is 0 Å². The smallest absolute Gasteiger partial charge is 0.0587 e. The van der Waals surface area contributed by atoms with Gasteiger partial charge in [0, 0.05) is 33.4 Å². The molecule has 0 aliphatic carbocycles. The van der Waals surface area contributed by atoms with Crippen LogP contribution in [0.2, 0.25) is 0 Å². The van der Waals surface area contributed by atoms with E-state index in [1.54, 1.807) is 7.11 Å². The van der Waals surface area contributed by atoms with E-state index in [1.807, 2.05) is 0 Å². The molecule has 1 fully saturated rings. The van der Waals surface area contributed by atoms with Crippen molar-refractivity contribution in [3.8, 4) is 0 Å². The Balaban J connectivity index is 2.02. The normalized spacial score (nSPS) is 17.9. The summed E-state index contributed by atoms with van der Waals surface area (Å²) in [6.07, 6.45) is 3.41. The lowest BCUT2D eigenvalue weighted by Crippen LogP contribution is -2.41. The minimum Gasteiger partial charge on any atom is -0.383 e. The van der Waals surface area contributed by atoms with Crippen LogP contribution < -0.4 is 5.32 Å². The molecule has 1 N–H and O–H groups in total. The first kappa shape index (κ1) is 16.5. The van der Waals surface area contributed by atoms with Crippen LogP contribution in [-0.4, -0.2) is 40.0 Å². The van der Waals surface area contributed by atoms with Crippen LogP contribution in [0.1, 0.15) is 29.5 Å². The first-order valence-electron chi connectivity index (χ1n) is 7.99. The van der Waals surface area contributed by atoms with E-state index in [1.165, 1.54) is 16.7 Å². The van der Waals surface area contributed by atoms with E-state index in [4.69, 9.17) is 9.47 Å². The van der Waals surface area contributed by atoms with Gasteiger partial charge in [-0.15, -0.1) is 0 Å². The van der Waals surface area contributed by atoms with Crippen molar-refractivity contribution in [1.29, 1.82) is 0 Å². The highest BCUT2D eigenvalue weighted by molar-refractivity contribution is 5.30. The van der Waals surface area contributed by atoms with E-state index in [0.29, 0.717) is 5.41 Å². The Morgan fingerprint density at radius 3 is 2.62 bits per heavy atom. The minimum absolute atomic E-state index is 0.327. The van der Waals surface area contributed by atoms with Gasteiger partial charge in [0.2, 0.25) is 0 Å². The molecule has 0 atom stereocenters. The van der Waals surface area contributed by atoms with Crippen molar-refractivity contribution in [3.05, 3.63) is 34.9 Å². The summed E-state index contributed by atoms with van der Waals surface area (Å²) in [6.45, 7) is 8.89. The van der Waals surface area contributed by atoms with Crippen molar-refractivity contribution < 1.29 is 9.47 Å². The number of hydrogen-bond donors (Lipinski definition) is 1. The molecule has 0 saturated carbocycles. The fourth-order valence-corrected chi connectivity index (χ4v) is 3.09. The molecular weight excluding hydrogens is 262 g/mol. The third-order valence-corrected chi connectivity index (χ3v) is 4.69. The quantitative estimate of drug-likeness (QED) is 0.784. The Bertz CT molecular complexity index is 439. The Labute approximate surface area is 129 Å². The standard InChI is InChI=1S/C18H29NO2/c1-15-4-5-17(12-16(15)2)13-18(6-9-21-10-7-18)14-19-8-11-20-3/h4-5,12,19H,6-11,13-14H2,1-3H3. The summed E-state index contributed by atoms with van der Waals surface area (Å²) in [6, 6.07) is 6.88. The molecule has 1 aromatic carbocycles. The highest BCUT2D eigenvalue weighted by Gasteiger charge is 2.32. The molecule has 1 heterocycles. The van der Waals surface area contributed by atoms with E-state index in [0.717, 1.165) is 52.2 Å². The monoisotopic (exact) mass is 291 g/mol. The summed E-state index contributed by atoms with van der Waals surface area (Å²) in [5.74, 6) is 0. The van der Waals surface area contributed by atoms with E-state index in [2.05, 4.69) is 37.4 Å². The molecule has 1 aliphatic rings. The number of benzene rings is 1. The highest BCUT2D eigenvalue weighted by atomic mass is 16.5. The maximum Gasteiger partial charge on any atom is 0.0587 e. The minimum atomic E-state index is 0.327. The zero-order valence-electron chi connectivity index (χ0n) is 13.7. The summed E-state index contributed by atoms with van der Waals surface area (Å²) in [7, 11) is 1.75. The fraction of sp³-hybridized carbons (Fsp3) is 0.667. The zero-order chi connectivity index (χ0) is 15.1. The third kappa shape index (κ3) is 4.80. The van der Waals surface area contributed by atoms with Crippen LogP contribution in [0.3, 0.4) is 0 Å². The summed E-state index contributed by atoms with van der Waals surface area (Å²) in [5.41, 5.74) is 4.54. The topological polar surface area (TPSA) is 30.5 Å². The van der Waals surface area contributed by atoms with Crippen LogP contribution >= 0.6 is 0 Å². The number of nitrogens with one attached hydrogen (secondary N) is 1.